The van der Waals surface area contributed by atoms with Crippen molar-refractivity contribution in [3.63, 3.8) is 0 Å². The molecule has 0 spiro atoms. The Morgan fingerprint density at radius 1 is 0.938 bits per heavy atom. The monoisotopic (exact) mass is 220 g/mol. The second-order valence-electron chi connectivity index (χ2n) is 6.38. The summed E-state index contributed by atoms with van der Waals surface area (Å²) in [4.78, 5) is 4.63. The van der Waals surface area contributed by atoms with Crippen molar-refractivity contribution >= 4 is 5.82 Å². The summed E-state index contributed by atoms with van der Waals surface area (Å²) in [5, 5.41) is 3.14. The van der Waals surface area contributed by atoms with Gasteiger partial charge in [-0.3, -0.25) is 0 Å². The number of nitrogens with zero attached hydrogens (tertiary/aromatic N) is 1. The third-order valence-electron chi connectivity index (χ3n) is 2.72. The van der Waals surface area contributed by atoms with Crippen LogP contribution in [0.1, 0.15) is 52.8 Å². The molecule has 0 atom stereocenters. The van der Waals surface area contributed by atoms with E-state index >= 15 is 0 Å². The second-order valence-corrected chi connectivity index (χ2v) is 6.38. The number of pyridine rings is 1. The minimum Gasteiger partial charge on any atom is -0.373 e. The first-order valence-electron chi connectivity index (χ1n) is 5.85. The van der Waals surface area contributed by atoms with E-state index in [0.29, 0.717) is 0 Å². The summed E-state index contributed by atoms with van der Waals surface area (Å²) >= 11 is 0. The van der Waals surface area contributed by atoms with Gasteiger partial charge in [0.25, 0.3) is 0 Å². The third kappa shape index (κ3) is 2.97. The van der Waals surface area contributed by atoms with Crippen molar-refractivity contribution in [2.45, 2.75) is 52.4 Å². The molecule has 0 unspecified atom stereocenters. The van der Waals surface area contributed by atoms with Gasteiger partial charge in [0.15, 0.2) is 0 Å². The minimum absolute atomic E-state index is 0.0901. The van der Waals surface area contributed by atoms with Gasteiger partial charge in [-0.1, -0.05) is 41.5 Å². The summed E-state index contributed by atoms with van der Waals surface area (Å²) in [5.41, 5.74) is 2.72. The van der Waals surface area contributed by atoms with Crippen molar-refractivity contribution in [2.75, 3.05) is 12.4 Å². The van der Waals surface area contributed by atoms with E-state index in [1.165, 1.54) is 5.56 Å². The fourth-order valence-corrected chi connectivity index (χ4v) is 1.48. The lowest BCUT2D eigenvalue weighted by Gasteiger charge is -2.25. The molecule has 0 aliphatic rings. The molecule has 0 bridgehead atoms. The zero-order valence-electron chi connectivity index (χ0n) is 11.6. The van der Waals surface area contributed by atoms with Crippen molar-refractivity contribution in [2.24, 2.45) is 0 Å². The Labute approximate surface area is 99.5 Å². The highest BCUT2D eigenvalue weighted by Crippen LogP contribution is 2.29. The van der Waals surface area contributed by atoms with Crippen LogP contribution in [0.4, 0.5) is 5.82 Å². The fourth-order valence-electron chi connectivity index (χ4n) is 1.48. The van der Waals surface area contributed by atoms with Crippen LogP contribution in [0.2, 0.25) is 0 Å². The maximum Gasteiger partial charge on any atom is 0.126 e. The van der Waals surface area contributed by atoms with Crippen LogP contribution in [0, 0.1) is 0 Å². The van der Waals surface area contributed by atoms with E-state index < -0.39 is 0 Å². The van der Waals surface area contributed by atoms with Gasteiger partial charge in [0.1, 0.15) is 5.82 Å². The standard InChI is InChI=1S/C14H24N2/c1-13(2,3)10-8-11(14(4,5)6)16-12(9-10)15-7/h8-9H,1-7H3,(H,15,16). The van der Waals surface area contributed by atoms with Crippen molar-refractivity contribution in [3.05, 3.63) is 23.4 Å². The lowest BCUT2D eigenvalue weighted by molar-refractivity contribution is 0.553. The summed E-state index contributed by atoms with van der Waals surface area (Å²) in [6.45, 7) is 13.3. The molecular weight excluding hydrogens is 196 g/mol. The van der Waals surface area contributed by atoms with Gasteiger partial charge in [0.05, 0.1) is 0 Å². The first-order valence-corrected chi connectivity index (χ1v) is 5.85. The van der Waals surface area contributed by atoms with Gasteiger partial charge in [-0.05, 0) is 23.1 Å². The first kappa shape index (κ1) is 13.0. The van der Waals surface area contributed by atoms with Crippen molar-refractivity contribution in [3.8, 4) is 0 Å². The van der Waals surface area contributed by atoms with Gasteiger partial charge < -0.3 is 5.32 Å². The maximum absolute atomic E-state index is 4.63. The molecule has 0 fully saturated rings. The summed E-state index contributed by atoms with van der Waals surface area (Å²) < 4.78 is 0. The van der Waals surface area contributed by atoms with E-state index in [2.05, 4.69) is 64.0 Å². The Morgan fingerprint density at radius 2 is 1.50 bits per heavy atom. The molecule has 16 heavy (non-hydrogen) atoms. The topological polar surface area (TPSA) is 24.9 Å². The Hall–Kier alpha value is -1.05. The average Bonchev–Trinajstić information content (AvgIpc) is 2.14. The fraction of sp³-hybridized carbons (Fsp3) is 0.643. The van der Waals surface area contributed by atoms with Crippen LogP contribution in [-0.4, -0.2) is 12.0 Å². The number of hydrogen-bond acceptors (Lipinski definition) is 2. The van der Waals surface area contributed by atoms with E-state index in [1.54, 1.807) is 0 Å². The van der Waals surface area contributed by atoms with Crippen LogP contribution < -0.4 is 5.32 Å². The number of hydrogen-bond donors (Lipinski definition) is 1. The minimum atomic E-state index is 0.0901. The zero-order valence-corrected chi connectivity index (χ0v) is 11.6. The van der Waals surface area contributed by atoms with E-state index in [-0.39, 0.29) is 10.8 Å². The summed E-state index contributed by atoms with van der Waals surface area (Å²) in [5.74, 6) is 0.956. The molecule has 0 aliphatic heterocycles. The van der Waals surface area contributed by atoms with Crippen molar-refractivity contribution in [1.82, 2.24) is 4.98 Å². The molecule has 1 N–H and O–H groups in total. The summed E-state index contributed by atoms with van der Waals surface area (Å²) in [6.07, 6.45) is 0. The van der Waals surface area contributed by atoms with Crippen LogP contribution >= 0.6 is 0 Å². The molecule has 0 radical (unpaired) electrons. The summed E-state index contributed by atoms with van der Waals surface area (Å²) in [7, 11) is 1.92. The predicted molar refractivity (Wildman–Crippen MR) is 71.2 cm³/mol. The number of anilines is 1. The molecule has 1 heterocycles. The van der Waals surface area contributed by atoms with Gasteiger partial charge in [-0.2, -0.15) is 0 Å². The normalized spacial score (nSPS) is 12.7. The Kier molecular flexibility index (Phi) is 3.32. The van der Waals surface area contributed by atoms with Crippen LogP contribution in [0.15, 0.2) is 12.1 Å². The highest BCUT2D eigenvalue weighted by atomic mass is 15.0. The molecule has 0 saturated carbocycles. The molecule has 1 aromatic heterocycles. The van der Waals surface area contributed by atoms with E-state index in [9.17, 15) is 0 Å². The Balaban J connectivity index is 3.33. The van der Waals surface area contributed by atoms with Gasteiger partial charge in [-0.25, -0.2) is 4.98 Å². The molecule has 2 nitrogen and oxygen atoms in total. The van der Waals surface area contributed by atoms with Crippen molar-refractivity contribution < 1.29 is 0 Å². The van der Waals surface area contributed by atoms with Crippen LogP contribution in [0.5, 0.6) is 0 Å². The lowest BCUT2D eigenvalue weighted by Crippen LogP contribution is -2.18. The second kappa shape index (κ2) is 4.08. The lowest BCUT2D eigenvalue weighted by atomic mass is 9.83. The van der Waals surface area contributed by atoms with E-state index in [0.717, 1.165) is 11.5 Å². The number of aromatic nitrogens is 1. The molecule has 0 amide bonds. The number of nitrogens with one attached hydrogen (secondary N) is 1. The quantitative estimate of drug-likeness (QED) is 0.780. The summed E-state index contributed by atoms with van der Waals surface area (Å²) in [6, 6.07) is 4.36. The first-order chi connectivity index (χ1) is 7.14. The molecule has 0 aliphatic carbocycles. The van der Waals surface area contributed by atoms with Gasteiger partial charge in [-0.15, -0.1) is 0 Å². The molecule has 90 valence electrons. The van der Waals surface area contributed by atoms with Crippen LogP contribution in [-0.2, 0) is 10.8 Å². The Morgan fingerprint density at radius 3 is 1.88 bits per heavy atom. The molecule has 0 aromatic carbocycles. The van der Waals surface area contributed by atoms with E-state index in [1.807, 2.05) is 7.05 Å². The van der Waals surface area contributed by atoms with Gasteiger partial charge >= 0.3 is 0 Å². The maximum atomic E-state index is 4.63. The predicted octanol–water partition coefficient (Wildman–Crippen LogP) is 3.72. The van der Waals surface area contributed by atoms with E-state index in [4.69, 9.17) is 0 Å². The molecule has 2 heteroatoms. The van der Waals surface area contributed by atoms with Crippen LogP contribution in [0.25, 0.3) is 0 Å². The van der Waals surface area contributed by atoms with Crippen molar-refractivity contribution in [1.29, 1.82) is 0 Å². The molecule has 0 saturated heterocycles. The molecular formula is C14H24N2. The number of rotatable bonds is 1. The molecule has 1 rings (SSSR count). The SMILES string of the molecule is CNc1cc(C(C)(C)C)cc(C(C)(C)C)n1. The Bertz CT molecular complexity index is 335. The average molecular weight is 220 g/mol. The highest BCUT2D eigenvalue weighted by Gasteiger charge is 2.21. The molecule has 1 aromatic rings. The van der Waals surface area contributed by atoms with Crippen LogP contribution in [0.3, 0.4) is 0 Å². The third-order valence-corrected chi connectivity index (χ3v) is 2.72. The largest absolute Gasteiger partial charge is 0.373 e. The van der Waals surface area contributed by atoms with Gasteiger partial charge in [0.2, 0.25) is 0 Å². The highest BCUT2D eigenvalue weighted by molar-refractivity contribution is 5.42. The van der Waals surface area contributed by atoms with Gasteiger partial charge in [0, 0.05) is 18.2 Å². The zero-order chi connectivity index (χ0) is 12.6. The smallest absolute Gasteiger partial charge is 0.126 e.